The predicted octanol–water partition coefficient (Wildman–Crippen LogP) is 1.62. The molecule has 0 bridgehead atoms. The van der Waals surface area contributed by atoms with E-state index in [1.165, 1.54) is 29.9 Å². The van der Waals surface area contributed by atoms with Gasteiger partial charge in [-0.1, -0.05) is 0 Å². The van der Waals surface area contributed by atoms with Gasteiger partial charge in [-0.05, 0) is 6.07 Å². The molecule has 0 aliphatic carbocycles. The monoisotopic (exact) mass is 252 g/mol. The van der Waals surface area contributed by atoms with Crippen LogP contribution in [0.2, 0.25) is 0 Å². The number of hydrogen-bond donors (Lipinski definition) is 2. The second-order valence-corrected chi connectivity index (χ2v) is 4.04. The lowest BCUT2D eigenvalue weighted by atomic mass is 10.3. The lowest BCUT2D eigenvalue weighted by molar-refractivity contribution is -0.136. The fourth-order valence-corrected chi connectivity index (χ4v) is 1.87. The minimum atomic E-state index is -0.956. The molecule has 6 nitrogen and oxygen atoms in total. The molecule has 2 heterocycles. The van der Waals surface area contributed by atoms with Crippen LogP contribution in [-0.4, -0.2) is 22.0 Å². The Morgan fingerprint density at radius 1 is 1.53 bits per heavy atom. The highest BCUT2D eigenvalue weighted by Gasteiger charge is 2.11. The van der Waals surface area contributed by atoms with E-state index in [1.54, 1.807) is 5.38 Å². The highest BCUT2D eigenvalue weighted by molar-refractivity contribution is 7.14. The fraction of sp³-hybridized carbons (Fsp3) is 0.100. The van der Waals surface area contributed by atoms with Gasteiger partial charge in [0.15, 0.2) is 5.13 Å². The number of carbonyl (C=O) groups is 2. The average Bonchev–Trinajstić information content (AvgIpc) is 2.87. The molecule has 88 valence electrons. The van der Waals surface area contributed by atoms with Crippen LogP contribution in [-0.2, 0) is 11.2 Å². The molecule has 2 rings (SSSR count). The van der Waals surface area contributed by atoms with Crippen molar-refractivity contribution >= 4 is 28.3 Å². The zero-order valence-corrected chi connectivity index (χ0v) is 9.36. The summed E-state index contributed by atoms with van der Waals surface area (Å²) in [6, 6.07) is 1.53. The topological polar surface area (TPSA) is 92.4 Å². The van der Waals surface area contributed by atoms with Crippen LogP contribution in [0.1, 0.15) is 16.1 Å². The van der Waals surface area contributed by atoms with Gasteiger partial charge in [0.25, 0.3) is 5.91 Å². The molecule has 2 aromatic rings. The summed E-state index contributed by atoms with van der Waals surface area (Å²) in [5.74, 6) is -1.29. The summed E-state index contributed by atoms with van der Waals surface area (Å²) in [6.07, 6.45) is 2.56. The fourth-order valence-electron chi connectivity index (χ4n) is 1.16. The maximum atomic E-state index is 11.6. The predicted molar refractivity (Wildman–Crippen MR) is 60.1 cm³/mol. The summed E-state index contributed by atoms with van der Waals surface area (Å²) in [5.41, 5.74) is 0.810. The largest absolute Gasteiger partial charge is 0.481 e. The van der Waals surface area contributed by atoms with Crippen molar-refractivity contribution in [3.05, 3.63) is 35.2 Å². The SMILES string of the molecule is O=C(O)Cc1csc(NC(=O)c2ccoc2)n1. The van der Waals surface area contributed by atoms with E-state index in [1.807, 2.05) is 0 Å². The third-order valence-corrected chi connectivity index (χ3v) is 2.69. The minimum absolute atomic E-state index is 0.155. The van der Waals surface area contributed by atoms with Crippen LogP contribution in [0.15, 0.2) is 28.4 Å². The smallest absolute Gasteiger partial charge is 0.309 e. The molecule has 17 heavy (non-hydrogen) atoms. The van der Waals surface area contributed by atoms with Crippen LogP contribution in [0, 0.1) is 0 Å². The number of furan rings is 1. The molecule has 0 fully saturated rings. The first-order valence-electron chi connectivity index (χ1n) is 4.65. The van der Waals surface area contributed by atoms with Crippen LogP contribution in [0.5, 0.6) is 0 Å². The number of carboxylic acids is 1. The molecule has 0 spiro atoms. The van der Waals surface area contributed by atoms with E-state index in [4.69, 9.17) is 9.52 Å². The maximum absolute atomic E-state index is 11.6. The van der Waals surface area contributed by atoms with Crippen molar-refractivity contribution in [3.63, 3.8) is 0 Å². The second kappa shape index (κ2) is 4.79. The Morgan fingerprint density at radius 2 is 2.35 bits per heavy atom. The van der Waals surface area contributed by atoms with Gasteiger partial charge in [0.05, 0.1) is 23.9 Å². The molecule has 7 heteroatoms. The summed E-state index contributed by atoms with van der Waals surface area (Å²) < 4.78 is 4.78. The van der Waals surface area contributed by atoms with Crippen molar-refractivity contribution < 1.29 is 19.1 Å². The number of amides is 1. The van der Waals surface area contributed by atoms with Gasteiger partial charge in [0, 0.05) is 5.38 Å². The Hall–Kier alpha value is -2.15. The Morgan fingerprint density at radius 3 is 3.00 bits per heavy atom. The molecule has 0 aliphatic heterocycles. The van der Waals surface area contributed by atoms with Crippen molar-refractivity contribution in [2.24, 2.45) is 0 Å². The Labute approximate surface area is 99.9 Å². The van der Waals surface area contributed by atoms with Crippen LogP contribution < -0.4 is 5.32 Å². The van der Waals surface area contributed by atoms with Gasteiger partial charge in [-0.15, -0.1) is 11.3 Å². The normalized spacial score (nSPS) is 10.1. The van der Waals surface area contributed by atoms with Crippen molar-refractivity contribution in [2.45, 2.75) is 6.42 Å². The molecule has 0 aromatic carbocycles. The van der Waals surface area contributed by atoms with Gasteiger partial charge in [0.1, 0.15) is 6.26 Å². The number of nitrogens with one attached hydrogen (secondary N) is 1. The van der Waals surface area contributed by atoms with E-state index in [2.05, 4.69) is 10.3 Å². The molecule has 0 unspecified atom stereocenters. The molecule has 2 N–H and O–H groups in total. The number of anilines is 1. The molecule has 0 saturated heterocycles. The number of carbonyl (C=O) groups excluding carboxylic acids is 1. The van der Waals surface area contributed by atoms with Crippen LogP contribution >= 0.6 is 11.3 Å². The van der Waals surface area contributed by atoms with Gasteiger partial charge in [-0.2, -0.15) is 0 Å². The van der Waals surface area contributed by atoms with E-state index in [0.29, 0.717) is 16.4 Å². The quantitative estimate of drug-likeness (QED) is 0.862. The number of aliphatic carboxylic acids is 1. The maximum Gasteiger partial charge on any atom is 0.309 e. The Kier molecular flexibility index (Phi) is 3.20. The number of hydrogen-bond acceptors (Lipinski definition) is 5. The molecule has 0 radical (unpaired) electrons. The first kappa shape index (κ1) is 11.3. The van der Waals surface area contributed by atoms with E-state index < -0.39 is 5.97 Å². The Bertz CT molecular complexity index is 532. The second-order valence-electron chi connectivity index (χ2n) is 3.18. The van der Waals surface area contributed by atoms with Crippen molar-refractivity contribution in [1.82, 2.24) is 4.98 Å². The highest BCUT2D eigenvalue weighted by atomic mass is 32.1. The number of rotatable bonds is 4. The molecule has 0 atom stereocenters. The summed E-state index contributed by atoms with van der Waals surface area (Å²) in [5, 5.41) is 13.1. The standard InChI is InChI=1S/C10H8N2O4S/c13-8(14)3-7-5-17-10(11-7)12-9(15)6-1-2-16-4-6/h1-2,4-5H,3H2,(H,13,14)(H,11,12,15). The third kappa shape index (κ3) is 2.91. The van der Waals surface area contributed by atoms with Crippen molar-refractivity contribution in [1.29, 1.82) is 0 Å². The minimum Gasteiger partial charge on any atom is -0.481 e. The summed E-state index contributed by atoms with van der Waals surface area (Å²) >= 11 is 1.18. The number of aromatic nitrogens is 1. The first-order chi connectivity index (χ1) is 8.15. The van der Waals surface area contributed by atoms with Crippen LogP contribution in [0.3, 0.4) is 0 Å². The molecule has 0 saturated carbocycles. The van der Waals surface area contributed by atoms with Gasteiger partial charge in [0.2, 0.25) is 0 Å². The molecular weight excluding hydrogens is 244 g/mol. The Balaban J connectivity index is 2.02. The van der Waals surface area contributed by atoms with Crippen LogP contribution in [0.25, 0.3) is 0 Å². The van der Waals surface area contributed by atoms with Gasteiger partial charge in [-0.25, -0.2) is 4.98 Å². The van der Waals surface area contributed by atoms with Crippen LogP contribution in [0.4, 0.5) is 5.13 Å². The molecule has 1 amide bonds. The number of thiazole rings is 1. The summed E-state index contributed by atoms with van der Waals surface area (Å²) in [4.78, 5) is 26.0. The highest BCUT2D eigenvalue weighted by Crippen LogP contribution is 2.17. The van der Waals surface area contributed by atoms with Gasteiger partial charge in [-0.3, -0.25) is 14.9 Å². The summed E-state index contributed by atoms with van der Waals surface area (Å²) in [7, 11) is 0. The van der Waals surface area contributed by atoms with E-state index in [9.17, 15) is 9.59 Å². The van der Waals surface area contributed by atoms with E-state index in [-0.39, 0.29) is 12.3 Å². The lowest BCUT2D eigenvalue weighted by Gasteiger charge is -1.97. The molecular formula is C10H8N2O4S. The molecule has 2 aromatic heterocycles. The van der Waals surface area contributed by atoms with Gasteiger partial charge >= 0.3 is 5.97 Å². The number of carboxylic acid groups (broad SMARTS) is 1. The van der Waals surface area contributed by atoms with Gasteiger partial charge < -0.3 is 9.52 Å². The first-order valence-corrected chi connectivity index (χ1v) is 5.53. The zero-order valence-electron chi connectivity index (χ0n) is 8.54. The summed E-state index contributed by atoms with van der Waals surface area (Å²) in [6.45, 7) is 0. The van der Waals surface area contributed by atoms with Crippen molar-refractivity contribution in [3.8, 4) is 0 Å². The van der Waals surface area contributed by atoms with E-state index >= 15 is 0 Å². The third-order valence-electron chi connectivity index (χ3n) is 1.89. The lowest BCUT2D eigenvalue weighted by Crippen LogP contribution is -2.10. The molecule has 0 aliphatic rings. The average molecular weight is 252 g/mol. The number of nitrogens with zero attached hydrogens (tertiary/aromatic N) is 1. The van der Waals surface area contributed by atoms with E-state index in [0.717, 1.165) is 0 Å². The zero-order chi connectivity index (χ0) is 12.3. The van der Waals surface area contributed by atoms with Crippen molar-refractivity contribution in [2.75, 3.05) is 5.32 Å².